The highest BCUT2D eigenvalue weighted by molar-refractivity contribution is 7.91. The number of aromatic amines is 1. The van der Waals surface area contributed by atoms with E-state index in [1.165, 1.54) is 85.1 Å². The maximum Gasteiger partial charge on any atom is 0.410 e. The van der Waals surface area contributed by atoms with Crippen molar-refractivity contribution in [3.05, 3.63) is 117 Å². The molecule has 2 atom stereocenters. The number of phenolic OH excluding ortho intramolecular Hbond substituents is 1. The predicted octanol–water partition coefficient (Wildman–Crippen LogP) is 8.96. The van der Waals surface area contributed by atoms with Crippen LogP contribution >= 0.6 is 11.3 Å². The second-order valence-corrected chi connectivity index (χ2v) is 21.9. The minimum atomic E-state index is -3.95. The Kier molecular flexibility index (Phi) is 15.4. The number of hydrogen-bond acceptors (Lipinski definition) is 13. The lowest BCUT2D eigenvalue weighted by atomic mass is 10.0. The predicted molar refractivity (Wildman–Crippen MR) is 268 cm³/mol. The number of carbonyl (C=O) groups is 2. The van der Waals surface area contributed by atoms with Gasteiger partial charge in [0.05, 0.1) is 46.5 Å². The number of hydrogen-bond donors (Lipinski definition) is 4. The van der Waals surface area contributed by atoms with Crippen LogP contribution in [0, 0.1) is 0 Å². The number of nitrogens with zero attached hydrogens (tertiary/aromatic N) is 4. The summed E-state index contributed by atoms with van der Waals surface area (Å²) in [6, 6.07) is 21.7. The third-order valence-corrected chi connectivity index (χ3v) is 15.7. The Hall–Kier alpha value is -5.85. The number of aliphatic hydroxyl groups excluding tert-OH is 1. The van der Waals surface area contributed by atoms with Crippen molar-refractivity contribution in [1.82, 2.24) is 24.7 Å². The number of aliphatic hydroxyl groups is 1. The molecule has 4 heterocycles. The molecule has 366 valence electrons. The van der Waals surface area contributed by atoms with E-state index in [1.54, 1.807) is 63.4 Å². The largest absolute Gasteiger partial charge is 0.506 e. The minimum Gasteiger partial charge on any atom is -0.506 e. The zero-order valence-corrected chi connectivity index (χ0v) is 41.3. The SMILES string of the molecule is C[C@@H](c1ccc(S(=O)(=O)c2cccc(OCCC(=O)Nc3ccc(CN(C[C@H](O)c4ccc(O)c5[nH]c(=O)ccc45)C(=O)OC(C)(C)C)c4ccsc34)c2)nc1)N1CCN(C2CCCCCC2)CC1. The van der Waals surface area contributed by atoms with Gasteiger partial charge in [-0.2, -0.15) is 0 Å². The van der Waals surface area contributed by atoms with Gasteiger partial charge in [-0.3, -0.25) is 19.4 Å². The van der Waals surface area contributed by atoms with E-state index in [0.717, 1.165) is 47.4 Å². The Labute approximate surface area is 407 Å². The summed E-state index contributed by atoms with van der Waals surface area (Å²) in [4.78, 5) is 52.5. The van der Waals surface area contributed by atoms with Crippen LogP contribution in [0.25, 0.3) is 21.0 Å². The summed E-state index contributed by atoms with van der Waals surface area (Å²) in [5.74, 6) is -0.165. The number of piperazine rings is 1. The Bertz CT molecular complexity index is 2940. The number of ether oxygens (including phenoxy) is 2. The lowest BCUT2D eigenvalue weighted by Crippen LogP contribution is -2.50. The summed E-state index contributed by atoms with van der Waals surface area (Å²) in [6.45, 7) is 11.3. The van der Waals surface area contributed by atoms with Crippen LogP contribution in [-0.2, 0) is 25.9 Å². The first-order valence-electron chi connectivity index (χ1n) is 23.8. The van der Waals surface area contributed by atoms with Gasteiger partial charge in [0, 0.05) is 62.5 Å². The topological polar surface area (TPSA) is 195 Å². The lowest BCUT2D eigenvalue weighted by molar-refractivity contribution is -0.116. The van der Waals surface area contributed by atoms with Gasteiger partial charge in [-0.25, -0.2) is 18.2 Å². The number of H-pyrrole nitrogens is 1. The molecule has 2 amide bonds. The molecule has 1 aliphatic carbocycles. The molecular weight excluding hydrogens is 917 g/mol. The molecule has 0 spiro atoms. The number of fused-ring (bicyclic) bond motifs is 2. The third kappa shape index (κ3) is 12.0. The number of aromatic nitrogens is 2. The zero-order valence-electron chi connectivity index (χ0n) is 39.6. The van der Waals surface area contributed by atoms with Crippen molar-refractivity contribution in [2.45, 2.75) is 113 Å². The van der Waals surface area contributed by atoms with Gasteiger partial charge < -0.3 is 34.9 Å². The number of sulfone groups is 1. The van der Waals surface area contributed by atoms with E-state index in [4.69, 9.17) is 9.47 Å². The molecule has 4 N–H and O–H groups in total. The molecule has 0 unspecified atom stereocenters. The standard InChI is InChI=1S/C52H62N6O9S2/c1-34(56-24-26-57(27-25-56)37-10-7-5-6-8-11-37)35-15-21-48(53-31-35)69(64,65)39-13-9-12-38(30-39)66-28-22-47(62)54-43-18-14-36(40-23-29-68-50(40)43)32-58(51(63)67-52(2,3)4)33-45(60)41-16-19-44(59)49-42(41)17-20-46(61)55-49/h9,12-21,23,29-31,34,37,45,59-60H,5-8,10-11,22,24-28,32-33H2,1-4H3,(H,54,62)(H,55,61)/t34-,45-/m0/s1. The van der Waals surface area contributed by atoms with Crippen LogP contribution < -0.4 is 15.6 Å². The first-order chi connectivity index (χ1) is 33.0. The van der Waals surface area contributed by atoms with Gasteiger partial charge in [-0.05, 0) is 117 Å². The molecule has 2 aliphatic rings. The van der Waals surface area contributed by atoms with Crippen LogP contribution in [0.5, 0.6) is 11.5 Å². The molecule has 17 heteroatoms. The first kappa shape index (κ1) is 49.6. The van der Waals surface area contributed by atoms with E-state index in [1.807, 2.05) is 17.5 Å². The molecular formula is C52H62N6O9S2. The van der Waals surface area contributed by atoms with E-state index in [9.17, 15) is 33.0 Å². The van der Waals surface area contributed by atoms with Crippen LogP contribution in [0.4, 0.5) is 10.5 Å². The molecule has 8 rings (SSSR count). The molecule has 1 saturated heterocycles. The van der Waals surface area contributed by atoms with E-state index >= 15 is 0 Å². The summed E-state index contributed by atoms with van der Waals surface area (Å²) < 4.78 is 39.9. The number of nitrogens with one attached hydrogen (secondary N) is 2. The van der Waals surface area contributed by atoms with Crippen molar-refractivity contribution in [1.29, 1.82) is 0 Å². The number of benzene rings is 3. The quantitative estimate of drug-likeness (QED) is 0.0715. The molecule has 6 aromatic rings. The number of carbonyl (C=O) groups excluding carboxylic acids is 2. The van der Waals surface area contributed by atoms with Crippen LogP contribution in [0.1, 0.15) is 101 Å². The van der Waals surface area contributed by atoms with E-state index in [2.05, 4.69) is 32.0 Å². The number of rotatable bonds is 15. The summed E-state index contributed by atoms with van der Waals surface area (Å²) in [5, 5.41) is 27.9. The normalized spacial score (nSPS) is 16.5. The number of thiophene rings is 1. The van der Waals surface area contributed by atoms with Crippen molar-refractivity contribution in [2.24, 2.45) is 0 Å². The van der Waals surface area contributed by atoms with E-state index in [0.29, 0.717) is 28.4 Å². The smallest absolute Gasteiger partial charge is 0.410 e. The highest BCUT2D eigenvalue weighted by Gasteiger charge is 2.29. The van der Waals surface area contributed by atoms with E-state index in [-0.39, 0.29) is 59.3 Å². The van der Waals surface area contributed by atoms with Crippen molar-refractivity contribution < 1.29 is 37.7 Å². The number of anilines is 1. The molecule has 0 radical (unpaired) electrons. The summed E-state index contributed by atoms with van der Waals surface area (Å²) >= 11 is 1.42. The van der Waals surface area contributed by atoms with Crippen molar-refractivity contribution in [3.8, 4) is 11.5 Å². The van der Waals surface area contributed by atoms with Crippen molar-refractivity contribution in [3.63, 3.8) is 0 Å². The van der Waals surface area contributed by atoms with Gasteiger partial charge in [0.1, 0.15) is 17.1 Å². The zero-order chi connectivity index (χ0) is 48.9. The first-order valence-corrected chi connectivity index (χ1v) is 26.1. The highest BCUT2D eigenvalue weighted by atomic mass is 32.2. The van der Waals surface area contributed by atoms with Crippen LogP contribution in [-0.4, -0.2) is 106 Å². The average Bonchev–Trinajstić information content (AvgIpc) is 3.68. The number of pyridine rings is 2. The van der Waals surface area contributed by atoms with Gasteiger partial charge in [0.2, 0.25) is 21.3 Å². The molecule has 1 aliphatic heterocycles. The monoisotopic (exact) mass is 978 g/mol. The Morgan fingerprint density at radius 3 is 2.45 bits per heavy atom. The highest BCUT2D eigenvalue weighted by Crippen LogP contribution is 2.35. The fourth-order valence-electron chi connectivity index (χ4n) is 9.40. The van der Waals surface area contributed by atoms with E-state index < -0.39 is 33.2 Å². The number of amides is 2. The summed E-state index contributed by atoms with van der Waals surface area (Å²) in [7, 11) is -3.95. The molecule has 2 fully saturated rings. The fourth-order valence-corrected chi connectivity index (χ4v) is 11.5. The third-order valence-electron chi connectivity index (χ3n) is 13.1. The van der Waals surface area contributed by atoms with Gasteiger partial charge in [0.15, 0.2) is 5.03 Å². The molecule has 1 saturated carbocycles. The number of aromatic hydroxyl groups is 1. The van der Waals surface area contributed by atoms with Crippen LogP contribution in [0.2, 0.25) is 0 Å². The Morgan fingerprint density at radius 2 is 1.72 bits per heavy atom. The second kappa shape index (κ2) is 21.4. The van der Waals surface area contributed by atoms with Gasteiger partial charge in [0.25, 0.3) is 0 Å². The molecule has 3 aromatic heterocycles. The molecule has 3 aromatic carbocycles. The average molecular weight is 979 g/mol. The van der Waals surface area contributed by atoms with Gasteiger partial charge >= 0.3 is 6.09 Å². The Balaban J connectivity index is 0.870. The Morgan fingerprint density at radius 1 is 0.957 bits per heavy atom. The van der Waals surface area contributed by atoms with Crippen molar-refractivity contribution >= 4 is 59.9 Å². The number of phenols is 1. The van der Waals surface area contributed by atoms with Gasteiger partial charge in [-0.1, -0.05) is 49.9 Å². The van der Waals surface area contributed by atoms with Gasteiger partial charge in [-0.15, -0.1) is 11.3 Å². The maximum atomic E-state index is 13.7. The molecule has 69 heavy (non-hydrogen) atoms. The lowest BCUT2D eigenvalue weighted by Gasteiger charge is -2.41. The van der Waals surface area contributed by atoms with Crippen LogP contribution in [0.3, 0.4) is 0 Å². The molecule has 15 nitrogen and oxygen atoms in total. The van der Waals surface area contributed by atoms with Crippen LogP contribution in [0.15, 0.2) is 105 Å². The molecule has 0 bridgehead atoms. The maximum absolute atomic E-state index is 13.7. The minimum absolute atomic E-state index is 0.0136. The summed E-state index contributed by atoms with van der Waals surface area (Å²) in [6.07, 6.45) is 7.73. The fraction of sp³-hybridized carbons (Fsp3) is 0.423. The summed E-state index contributed by atoms with van der Waals surface area (Å²) in [5.41, 5.74) is 1.63. The second-order valence-electron chi connectivity index (χ2n) is 19.0. The van der Waals surface area contributed by atoms with Crippen molar-refractivity contribution in [2.75, 3.05) is 44.6 Å².